The van der Waals surface area contributed by atoms with Crippen LogP contribution in [-0.4, -0.2) is 23.8 Å². The number of rotatable bonds is 4. The lowest BCUT2D eigenvalue weighted by atomic mass is 10.2. The van der Waals surface area contributed by atoms with E-state index in [1.807, 2.05) is 53.4 Å². The van der Waals surface area contributed by atoms with E-state index in [2.05, 4.69) is 10.5 Å². The molecule has 2 N–H and O–H groups in total. The predicted octanol–water partition coefficient (Wildman–Crippen LogP) is 5.45. The topological polar surface area (TPSA) is 64.9 Å². The van der Waals surface area contributed by atoms with Gasteiger partial charge < -0.3 is 10.0 Å². The average Bonchev–Trinajstić information content (AvgIpc) is 2.72. The summed E-state index contributed by atoms with van der Waals surface area (Å²) in [4.78, 5) is 16.7. The molecule has 1 heterocycles. The number of halogens is 2. The fourth-order valence-electron chi connectivity index (χ4n) is 2.97. The Morgan fingerprint density at radius 2 is 1.59 bits per heavy atom. The second-order valence-corrected chi connectivity index (χ2v) is 8.15. The van der Waals surface area contributed by atoms with Crippen molar-refractivity contribution in [3.8, 4) is 5.75 Å². The largest absolute Gasteiger partial charge is 0.505 e. The first-order chi connectivity index (χ1) is 14.0. The molecule has 0 saturated heterocycles. The molecule has 0 aromatic heterocycles. The maximum absolute atomic E-state index is 12.5. The van der Waals surface area contributed by atoms with Crippen molar-refractivity contribution >= 4 is 58.5 Å². The Morgan fingerprint density at radius 3 is 2.17 bits per heavy atom. The van der Waals surface area contributed by atoms with E-state index in [9.17, 15) is 9.90 Å². The maximum atomic E-state index is 12.5. The molecule has 1 aliphatic heterocycles. The maximum Gasteiger partial charge on any atom is 0.260 e. The molecule has 0 aliphatic carbocycles. The molecular formula is C21H15Cl2N3O2S. The highest BCUT2D eigenvalue weighted by atomic mass is 35.5. The Hall–Kier alpha value is -2.67. The van der Waals surface area contributed by atoms with Crippen LogP contribution in [0.15, 0.2) is 75.6 Å². The molecule has 8 heteroatoms. The Morgan fingerprint density at radius 1 is 1.03 bits per heavy atom. The lowest BCUT2D eigenvalue weighted by molar-refractivity contribution is -0.119. The summed E-state index contributed by atoms with van der Waals surface area (Å²) >= 11 is 13.5. The van der Waals surface area contributed by atoms with Crippen LogP contribution in [0.4, 0.5) is 11.4 Å². The van der Waals surface area contributed by atoms with Gasteiger partial charge in [0.1, 0.15) is 6.54 Å². The minimum Gasteiger partial charge on any atom is -0.505 e. The van der Waals surface area contributed by atoms with Gasteiger partial charge in [0.25, 0.3) is 5.91 Å². The molecule has 0 bridgehead atoms. The molecule has 1 aliphatic rings. The van der Waals surface area contributed by atoms with E-state index in [0.29, 0.717) is 5.56 Å². The molecule has 3 aromatic carbocycles. The quantitative estimate of drug-likeness (QED) is 0.415. The minimum atomic E-state index is -0.270. The van der Waals surface area contributed by atoms with Gasteiger partial charge in [-0.05, 0) is 42.0 Å². The van der Waals surface area contributed by atoms with Crippen molar-refractivity contribution in [3.05, 3.63) is 76.3 Å². The van der Waals surface area contributed by atoms with Crippen molar-refractivity contribution in [2.24, 2.45) is 5.10 Å². The number of phenolic OH excluding ortho intramolecular Hbond substituents is 1. The van der Waals surface area contributed by atoms with Crippen LogP contribution in [0.25, 0.3) is 0 Å². The van der Waals surface area contributed by atoms with Crippen LogP contribution < -0.4 is 10.3 Å². The number of nitrogens with one attached hydrogen (secondary N) is 1. The number of anilines is 2. The fraction of sp³-hybridized carbons (Fsp3) is 0.0476. The van der Waals surface area contributed by atoms with Gasteiger partial charge in [-0.15, -0.1) is 0 Å². The van der Waals surface area contributed by atoms with Crippen LogP contribution in [0.3, 0.4) is 0 Å². The summed E-state index contributed by atoms with van der Waals surface area (Å²) in [6.07, 6.45) is 1.42. The lowest BCUT2D eigenvalue weighted by Crippen LogP contribution is -2.33. The first kappa shape index (κ1) is 19.6. The summed E-state index contributed by atoms with van der Waals surface area (Å²) in [5, 5.41) is 13.8. The van der Waals surface area contributed by atoms with E-state index in [-0.39, 0.29) is 28.2 Å². The van der Waals surface area contributed by atoms with E-state index in [1.54, 1.807) is 11.8 Å². The van der Waals surface area contributed by atoms with E-state index >= 15 is 0 Å². The van der Waals surface area contributed by atoms with Gasteiger partial charge in [-0.2, -0.15) is 5.10 Å². The molecule has 5 nitrogen and oxygen atoms in total. The Bertz CT molecular complexity index is 1050. The predicted molar refractivity (Wildman–Crippen MR) is 118 cm³/mol. The SMILES string of the molecule is O=C(CN1c2ccccc2Sc2ccccc21)NN=Cc1cc(Cl)c(O)c(Cl)c1. The number of hydrogen-bond acceptors (Lipinski definition) is 5. The highest BCUT2D eigenvalue weighted by molar-refractivity contribution is 7.99. The number of aromatic hydroxyl groups is 1. The highest BCUT2D eigenvalue weighted by Crippen LogP contribution is 2.47. The summed E-state index contributed by atoms with van der Waals surface area (Å²) < 4.78 is 0. The van der Waals surface area contributed by atoms with E-state index < -0.39 is 0 Å². The zero-order valence-corrected chi connectivity index (χ0v) is 17.3. The first-order valence-electron chi connectivity index (χ1n) is 8.66. The van der Waals surface area contributed by atoms with Crippen molar-refractivity contribution in [2.75, 3.05) is 11.4 Å². The van der Waals surface area contributed by atoms with Crippen molar-refractivity contribution in [1.82, 2.24) is 5.43 Å². The van der Waals surface area contributed by atoms with E-state index in [1.165, 1.54) is 18.3 Å². The van der Waals surface area contributed by atoms with Crippen LogP contribution in [-0.2, 0) is 4.79 Å². The van der Waals surface area contributed by atoms with Crippen molar-refractivity contribution in [2.45, 2.75) is 9.79 Å². The second-order valence-electron chi connectivity index (χ2n) is 6.25. The third-order valence-corrected chi connectivity index (χ3v) is 5.98. The summed E-state index contributed by atoms with van der Waals surface area (Å²) in [5.41, 5.74) is 5.04. The molecule has 0 atom stereocenters. The molecule has 0 unspecified atom stereocenters. The average molecular weight is 444 g/mol. The molecular weight excluding hydrogens is 429 g/mol. The van der Waals surface area contributed by atoms with Gasteiger partial charge in [0.2, 0.25) is 0 Å². The molecule has 4 rings (SSSR count). The zero-order valence-electron chi connectivity index (χ0n) is 15.0. The molecule has 0 spiro atoms. The van der Waals surface area contributed by atoms with E-state index in [4.69, 9.17) is 23.2 Å². The minimum absolute atomic E-state index is 0.114. The summed E-state index contributed by atoms with van der Waals surface area (Å²) in [5.74, 6) is -0.455. The number of carbonyl (C=O) groups excluding carboxylic acids is 1. The van der Waals surface area contributed by atoms with Gasteiger partial charge in [0.05, 0.1) is 27.6 Å². The monoisotopic (exact) mass is 443 g/mol. The number of carbonyl (C=O) groups is 1. The number of nitrogens with zero attached hydrogens (tertiary/aromatic N) is 2. The fourth-order valence-corrected chi connectivity index (χ4v) is 4.57. The molecule has 0 saturated carbocycles. The first-order valence-corrected chi connectivity index (χ1v) is 10.2. The molecule has 0 fully saturated rings. The van der Waals surface area contributed by atoms with Crippen LogP contribution in [0, 0.1) is 0 Å². The van der Waals surface area contributed by atoms with Crippen LogP contribution in [0.1, 0.15) is 5.56 Å². The van der Waals surface area contributed by atoms with Gasteiger partial charge in [-0.3, -0.25) is 4.79 Å². The number of benzene rings is 3. The Labute approximate surface area is 181 Å². The third kappa shape index (κ3) is 4.19. The van der Waals surface area contributed by atoms with Crippen LogP contribution in [0.2, 0.25) is 10.0 Å². The van der Waals surface area contributed by atoms with Crippen LogP contribution >= 0.6 is 35.0 Å². The Kier molecular flexibility index (Phi) is 5.67. The van der Waals surface area contributed by atoms with Gasteiger partial charge in [0, 0.05) is 9.79 Å². The van der Waals surface area contributed by atoms with Gasteiger partial charge >= 0.3 is 0 Å². The standard InChI is InChI=1S/C21H15Cl2N3O2S/c22-14-9-13(10-15(23)21(14)28)11-24-25-20(27)12-26-16-5-1-3-7-18(16)29-19-8-4-2-6-17(19)26/h1-11,28H,12H2,(H,25,27). The normalized spacial score (nSPS) is 12.6. The highest BCUT2D eigenvalue weighted by Gasteiger charge is 2.24. The molecule has 146 valence electrons. The van der Waals surface area contributed by atoms with Gasteiger partial charge in [0.15, 0.2) is 5.75 Å². The van der Waals surface area contributed by atoms with Crippen molar-refractivity contribution in [1.29, 1.82) is 0 Å². The van der Waals surface area contributed by atoms with Crippen molar-refractivity contribution < 1.29 is 9.90 Å². The van der Waals surface area contributed by atoms with Gasteiger partial charge in [-0.25, -0.2) is 5.43 Å². The number of para-hydroxylation sites is 2. The van der Waals surface area contributed by atoms with Crippen molar-refractivity contribution in [3.63, 3.8) is 0 Å². The molecule has 29 heavy (non-hydrogen) atoms. The number of hydrazone groups is 1. The Balaban J connectivity index is 1.50. The number of amides is 1. The summed E-state index contributed by atoms with van der Waals surface area (Å²) in [6, 6.07) is 19.0. The van der Waals surface area contributed by atoms with E-state index in [0.717, 1.165) is 21.2 Å². The smallest absolute Gasteiger partial charge is 0.260 e. The zero-order chi connectivity index (χ0) is 20.4. The molecule has 0 radical (unpaired) electrons. The summed E-state index contributed by atoms with van der Waals surface area (Å²) in [7, 11) is 0. The third-order valence-electron chi connectivity index (χ3n) is 4.28. The number of hydrogen-bond donors (Lipinski definition) is 2. The lowest BCUT2D eigenvalue weighted by Gasteiger charge is -2.31. The summed E-state index contributed by atoms with van der Waals surface area (Å²) in [6.45, 7) is 0.114. The van der Waals surface area contributed by atoms with Gasteiger partial charge in [-0.1, -0.05) is 59.2 Å². The number of phenols is 1. The van der Waals surface area contributed by atoms with Crippen LogP contribution in [0.5, 0.6) is 5.75 Å². The number of fused-ring (bicyclic) bond motifs is 2. The second kappa shape index (κ2) is 8.37. The molecule has 1 amide bonds. The molecule has 3 aromatic rings.